The number of hydrogen-bond acceptors (Lipinski definition) is 6. The Labute approximate surface area is 107 Å². The Balaban J connectivity index is 2.02. The third kappa shape index (κ3) is 1.87. The van der Waals surface area contributed by atoms with E-state index in [1.165, 1.54) is 11.8 Å². The molecule has 0 saturated heterocycles. The van der Waals surface area contributed by atoms with Crippen LogP contribution in [-0.2, 0) is 4.79 Å². The normalized spacial score (nSPS) is 18.6. The average Bonchev–Trinajstić information content (AvgIpc) is 2.90. The molecule has 0 atom stereocenters. The number of nitrogens with zero attached hydrogens (tertiary/aromatic N) is 2. The predicted molar refractivity (Wildman–Crippen MR) is 67.5 cm³/mol. The highest BCUT2D eigenvalue weighted by Crippen LogP contribution is 2.44. The number of fused-ring (bicyclic) bond motifs is 1. The number of aliphatic imine (C=N–C) groups is 1. The summed E-state index contributed by atoms with van der Waals surface area (Å²) in [4.78, 5) is 19.2. The first-order valence-electron chi connectivity index (χ1n) is 5.22. The molecule has 0 radical (unpaired) electrons. The van der Waals surface area contributed by atoms with Gasteiger partial charge in [0.15, 0.2) is 5.17 Å². The van der Waals surface area contributed by atoms with Gasteiger partial charge in [-0.3, -0.25) is 4.99 Å². The van der Waals surface area contributed by atoms with Gasteiger partial charge in [-0.1, -0.05) is 17.8 Å². The number of rotatable bonds is 3. The van der Waals surface area contributed by atoms with Gasteiger partial charge in [-0.15, -0.1) is 11.3 Å². The van der Waals surface area contributed by atoms with Gasteiger partial charge in [0.25, 0.3) is 0 Å². The van der Waals surface area contributed by atoms with E-state index in [-0.39, 0.29) is 6.42 Å². The molecule has 0 aliphatic carbocycles. The van der Waals surface area contributed by atoms with E-state index in [1.54, 1.807) is 11.3 Å². The third-order valence-corrected chi connectivity index (χ3v) is 4.60. The van der Waals surface area contributed by atoms with E-state index < -0.39 is 5.97 Å². The summed E-state index contributed by atoms with van der Waals surface area (Å²) in [7, 11) is 0. The molecule has 88 valence electrons. The molecule has 4 nitrogen and oxygen atoms in total. The Kier molecular flexibility index (Phi) is 2.68. The quantitative estimate of drug-likeness (QED) is 0.817. The molecule has 0 fully saturated rings. The van der Waals surface area contributed by atoms with Crippen molar-refractivity contribution >= 4 is 39.9 Å². The van der Waals surface area contributed by atoms with E-state index in [2.05, 4.69) is 9.89 Å². The molecule has 0 saturated carbocycles. The largest absolute Gasteiger partial charge is 0.550 e. The molecule has 0 unspecified atom stereocenters. The maximum absolute atomic E-state index is 10.8. The van der Waals surface area contributed by atoms with E-state index in [0.717, 1.165) is 33.7 Å². The number of amidine groups is 1. The zero-order chi connectivity index (χ0) is 11.8. The highest BCUT2D eigenvalue weighted by atomic mass is 32.2. The lowest BCUT2D eigenvalue weighted by molar-refractivity contribution is -0.304. The molecule has 0 spiro atoms. The smallest absolute Gasteiger partial charge is 0.168 e. The minimum Gasteiger partial charge on any atom is -0.550 e. The van der Waals surface area contributed by atoms with Crippen LogP contribution in [0.25, 0.3) is 5.70 Å². The fourth-order valence-electron chi connectivity index (χ4n) is 1.97. The molecule has 0 N–H and O–H groups in total. The first kappa shape index (κ1) is 10.9. The lowest BCUT2D eigenvalue weighted by atomic mass is 10.2. The lowest BCUT2D eigenvalue weighted by Gasteiger charge is -2.15. The number of carbonyl (C=O) groups excluding carboxylic acids is 1. The first-order chi connectivity index (χ1) is 8.25. The monoisotopic (exact) mass is 265 g/mol. The van der Waals surface area contributed by atoms with Gasteiger partial charge >= 0.3 is 0 Å². The van der Waals surface area contributed by atoms with Crippen molar-refractivity contribution < 1.29 is 9.90 Å². The maximum Gasteiger partial charge on any atom is 0.168 e. The summed E-state index contributed by atoms with van der Waals surface area (Å²) < 4.78 is 0. The number of thioether (sulfide) groups is 1. The van der Waals surface area contributed by atoms with Crippen molar-refractivity contribution in [2.75, 3.05) is 13.1 Å². The van der Waals surface area contributed by atoms with E-state index in [9.17, 15) is 9.90 Å². The van der Waals surface area contributed by atoms with Crippen LogP contribution in [0, 0.1) is 0 Å². The Bertz CT molecular complexity index is 520. The topological polar surface area (TPSA) is 55.7 Å². The van der Waals surface area contributed by atoms with Crippen LogP contribution >= 0.6 is 23.1 Å². The van der Waals surface area contributed by atoms with Gasteiger partial charge in [0, 0.05) is 23.8 Å². The molecular weight excluding hydrogens is 256 g/mol. The van der Waals surface area contributed by atoms with E-state index in [1.807, 2.05) is 17.5 Å². The zero-order valence-electron chi connectivity index (χ0n) is 8.88. The molecule has 0 aromatic carbocycles. The Morgan fingerprint density at radius 1 is 1.59 bits per heavy atom. The molecule has 2 aliphatic heterocycles. The number of hydrogen-bond donors (Lipinski definition) is 0. The SMILES string of the molecule is O=C([O-])CC1=C(c2cccs2)N2CCN=C2S1. The van der Waals surface area contributed by atoms with Crippen molar-refractivity contribution in [3.63, 3.8) is 0 Å². The molecule has 2 aliphatic rings. The lowest BCUT2D eigenvalue weighted by Crippen LogP contribution is -2.22. The zero-order valence-corrected chi connectivity index (χ0v) is 10.5. The summed E-state index contributed by atoms with van der Waals surface area (Å²) in [5.41, 5.74) is 1.01. The number of thiophene rings is 1. The summed E-state index contributed by atoms with van der Waals surface area (Å²) in [5, 5.41) is 13.7. The second-order valence-electron chi connectivity index (χ2n) is 3.72. The summed E-state index contributed by atoms with van der Waals surface area (Å²) in [6, 6.07) is 3.98. The molecule has 1 aromatic heterocycles. The van der Waals surface area contributed by atoms with Crippen molar-refractivity contribution in [3.8, 4) is 0 Å². The Hall–Kier alpha value is -1.27. The molecule has 0 bridgehead atoms. The van der Waals surface area contributed by atoms with Crippen LogP contribution in [0.4, 0.5) is 0 Å². The van der Waals surface area contributed by atoms with Crippen molar-refractivity contribution in [2.24, 2.45) is 4.99 Å². The standard InChI is InChI=1S/C11H10N2O2S2/c14-9(15)6-8-10(7-2-1-5-16-7)13-4-3-12-11(13)17-8/h1-2,5H,3-4,6H2,(H,14,15)/p-1. The number of carbonyl (C=O) groups is 1. The number of carboxylic acids is 1. The van der Waals surface area contributed by atoms with Crippen molar-refractivity contribution in [3.05, 3.63) is 27.3 Å². The minimum absolute atomic E-state index is 0.0343. The molecular formula is C11H9N2O2S2-. The van der Waals surface area contributed by atoms with Gasteiger partial charge in [0.1, 0.15) is 0 Å². The number of carboxylic acid groups (broad SMARTS) is 1. The third-order valence-electron chi connectivity index (χ3n) is 2.61. The van der Waals surface area contributed by atoms with Crippen molar-refractivity contribution in [1.29, 1.82) is 0 Å². The second-order valence-corrected chi connectivity index (χ2v) is 5.73. The van der Waals surface area contributed by atoms with Gasteiger partial charge in [0.2, 0.25) is 0 Å². The summed E-state index contributed by atoms with van der Waals surface area (Å²) >= 11 is 3.08. The summed E-state index contributed by atoms with van der Waals surface area (Å²) in [6.07, 6.45) is -0.0343. The molecule has 0 amide bonds. The maximum atomic E-state index is 10.8. The highest BCUT2D eigenvalue weighted by Gasteiger charge is 2.33. The Morgan fingerprint density at radius 2 is 2.47 bits per heavy atom. The molecule has 17 heavy (non-hydrogen) atoms. The van der Waals surface area contributed by atoms with Gasteiger partial charge in [-0.2, -0.15) is 0 Å². The van der Waals surface area contributed by atoms with Gasteiger partial charge in [0.05, 0.1) is 17.1 Å². The fourth-order valence-corrected chi connectivity index (χ4v) is 4.01. The van der Waals surface area contributed by atoms with Crippen LogP contribution in [0.1, 0.15) is 11.3 Å². The van der Waals surface area contributed by atoms with E-state index in [4.69, 9.17) is 0 Å². The summed E-state index contributed by atoms with van der Waals surface area (Å²) in [5.74, 6) is -1.04. The van der Waals surface area contributed by atoms with Crippen LogP contribution in [0.15, 0.2) is 27.4 Å². The minimum atomic E-state index is -1.04. The van der Waals surface area contributed by atoms with Crippen LogP contribution in [0.5, 0.6) is 0 Å². The first-order valence-corrected chi connectivity index (χ1v) is 6.92. The predicted octanol–water partition coefficient (Wildman–Crippen LogP) is 0.975. The van der Waals surface area contributed by atoms with Gasteiger partial charge in [-0.05, 0) is 11.4 Å². The average molecular weight is 265 g/mol. The number of aliphatic carboxylic acids is 1. The summed E-state index contributed by atoms with van der Waals surface area (Å²) in [6.45, 7) is 1.63. The molecule has 1 aromatic rings. The Morgan fingerprint density at radius 3 is 3.18 bits per heavy atom. The second kappa shape index (κ2) is 4.19. The van der Waals surface area contributed by atoms with Crippen LogP contribution in [0.3, 0.4) is 0 Å². The van der Waals surface area contributed by atoms with Crippen LogP contribution in [-0.4, -0.2) is 29.1 Å². The van der Waals surface area contributed by atoms with Crippen LogP contribution in [0.2, 0.25) is 0 Å². The van der Waals surface area contributed by atoms with Gasteiger partial charge in [-0.25, -0.2) is 0 Å². The van der Waals surface area contributed by atoms with E-state index in [0.29, 0.717) is 0 Å². The molecule has 3 rings (SSSR count). The van der Waals surface area contributed by atoms with Crippen molar-refractivity contribution in [2.45, 2.75) is 6.42 Å². The van der Waals surface area contributed by atoms with Crippen molar-refractivity contribution in [1.82, 2.24) is 4.90 Å². The fraction of sp³-hybridized carbons (Fsp3) is 0.273. The highest BCUT2D eigenvalue weighted by molar-refractivity contribution is 8.17. The van der Waals surface area contributed by atoms with Crippen LogP contribution < -0.4 is 5.11 Å². The molecule has 6 heteroatoms. The van der Waals surface area contributed by atoms with Gasteiger partial charge < -0.3 is 14.8 Å². The van der Waals surface area contributed by atoms with E-state index >= 15 is 0 Å². The molecule has 3 heterocycles.